The Kier molecular flexibility index (Phi) is 1.91. The highest BCUT2D eigenvalue weighted by Gasteiger charge is 2.18. The first-order valence-corrected chi connectivity index (χ1v) is 5.57. The van der Waals surface area contributed by atoms with Gasteiger partial charge >= 0.3 is 0 Å². The molecule has 3 nitrogen and oxygen atoms in total. The van der Waals surface area contributed by atoms with Gasteiger partial charge in [-0.25, -0.2) is 4.98 Å². The Labute approximate surface area is 88.9 Å². The Morgan fingerprint density at radius 2 is 2.13 bits per heavy atom. The van der Waals surface area contributed by atoms with E-state index < -0.39 is 0 Å². The Bertz CT molecular complexity index is 481. The molecule has 0 spiro atoms. The van der Waals surface area contributed by atoms with E-state index in [2.05, 4.69) is 21.8 Å². The molecule has 1 aliphatic rings. The summed E-state index contributed by atoms with van der Waals surface area (Å²) in [6.45, 7) is 0. The van der Waals surface area contributed by atoms with Crippen molar-refractivity contribution in [1.82, 2.24) is 9.55 Å². The van der Waals surface area contributed by atoms with Gasteiger partial charge in [0.15, 0.2) is 0 Å². The monoisotopic (exact) mass is 201 g/mol. The van der Waals surface area contributed by atoms with Gasteiger partial charge in [0, 0.05) is 17.6 Å². The quantitative estimate of drug-likeness (QED) is 0.771. The molecule has 0 amide bonds. The zero-order valence-electron chi connectivity index (χ0n) is 8.69. The van der Waals surface area contributed by atoms with Crippen LogP contribution in [0.15, 0.2) is 24.5 Å². The summed E-state index contributed by atoms with van der Waals surface area (Å²) in [6, 6.07) is 4.75. The largest absolute Gasteiger partial charge is 0.397 e. The maximum Gasteiger partial charge on any atom is 0.140 e. The lowest BCUT2D eigenvalue weighted by molar-refractivity contribution is 0.532. The lowest BCUT2D eigenvalue weighted by atomic mass is 10.2. The van der Waals surface area contributed by atoms with Crippen LogP contribution in [0.5, 0.6) is 0 Å². The highest BCUT2D eigenvalue weighted by Crippen LogP contribution is 2.32. The van der Waals surface area contributed by atoms with Crippen LogP contribution in [-0.2, 0) is 0 Å². The van der Waals surface area contributed by atoms with E-state index in [0.717, 1.165) is 16.7 Å². The van der Waals surface area contributed by atoms with Gasteiger partial charge in [0.05, 0.1) is 11.9 Å². The van der Waals surface area contributed by atoms with Gasteiger partial charge in [0.25, 0.3) is 0 Å². The third kappa shape index (κ3) is 1.39. The molecule has 0 radical (unpaired) electrons. The van der Waals surface area contributed by atoms with Crippen LogP contribution < -0.4 is 5.73 Å². The first kappa shape index (κ1) is 8.77. The molecule has 2 heterocycles. The summed E-state index contributed by atoms with van der Waals surface area (Å²) >= 11 is 0. The number of anilines is 1. The number of rotatable bonds is 1. The van der Waals surface area contributed by atoms with Gasteiger partial charge in [0.2, 0.25) is 0 Å². The fourth-order valence-corrected chi connectivity index (χ4v) is 2.54. The third-order valence-corrected chi connectivity index (χ3v) is 3.29. The van der Waals surface area contributed by atoms with Crippen molar-refractivity contribution >= 4 is 16.7 Å². The number of pyridine rings is 1. The summed E-state index contributed by atoms with van der Waals surface area (Å²) in [5.74, 6) is 0. The van der Waals surface area contributed by atoms with Crippen molar-refractivity contribution < 1.29 is 0 Å². The molecular weight excluding hydrogens is 186 g/mol. The van der Waals surface area contributed by atoms with Crippen LogP contribution in [-0.4, -0.2) is 9.55 Å². The zero-order chi connectivity index (χ0) is 10.3. The second kappa shape index (κ2) is 3.26. The van der Waals surface area contributed by atoms with Crippen LogP contribution in [0.2, 0.25) is 0 Å². The maximum atomic E-state index is 5.71. The summed E-state index contributed by atoms with van der Waals surface area (Å²) in [5.41, 5.74) is 7.54. The molecule has 15 heavy (non-hydrogen) atoms. The summed E-state index contributed by atoms with van der Waals surface area (Å²) in [5, 5.41) is 1.15. The van der Waals surface area contributed by atoms with E-state index in [1.54, 1.807) is 6.20 Å². The van der Waals surface area contributed by atoms with Crippen molar-refractivity contribution in [3.63, 3.8) is 0 Å². The van der Waals surface area contributed by atoms with Crippen molar-refractivity contribution in [2.75, 3.05) is 5.73 Å². The van der Waals surface area contributed by atoms with E-state index in [-0.39, 0.29) is 0 Å². The summed E-state index contributed by atoms with van der Waals surface area (Å²) in [4.78, 5) is 4.42. The van der Waals surface area contributed by atoms with Gasteiger partial charge in [-0.1, -0.05) is 12.8 Å². The second-order valence-electron chi connectivity index (χ2n) is 4.34. The molecule has 3 rings (SSSR count). The van der Waals surface area contributed by atoms with Crippen LogP contribution in [0.3, 0.4) is 0 Å². The van der Waals surface area contributed by atoms with Gasteiger partial charge in [-0.05, 0) is 25.0 Å². The molecule has 0 aromatic carbocycles. The lowest BCUT2D eigenvalue weighted by Gasteiger charge is -2.12. The lowest BCUT2D eigenvalue weighted by Crippen LogP contribution is -2.03. The fraction of sp³-hybridized carbons (Fsp3) is 0.417. The van der Waals surface area contributed by atoms with E-state index in [1.165, 1.54) is 25.7 Å². The molecule has 1 fully saturated rings. The highest BCUT2D eigenvalue weighted by molar-refractivity contribution is 5.79. The van der Waals surface area contributed by atoms with Gasteiger partial charge in [-0.2, -0.15) is 0 Å². The molecule has 2 aromatic rings. The van der Waals surface area contributed by atoms with Crippen LogP contribution in [0.4, 0.5) is 5.69 Å². The van der Waals surface area contributed by atoms with Crippen molar-refractivity contribution in [2.45, 2.75) is 31.7 Å². The van der Waals surface area contributed by atoms with Crippen molar-refractivity contribution in [1.29, 1.82) is 0 Å². The average Bonchev–Trinajstić information content (AvgIpc) is 2.82. The highest BCUT2D eigenvalue weighted by atomic mass is 15.1. The SMILES string of the molecule is Nc1cnc2c(ccn2C2CCCC2)c1. The number of nitrogen functional groups attached to an aromatic ring is 1. The smallest absolute Gasteiger partial charge is 0.140 e. The van der Waals surface area contributed by atoms with E-state index in [1.807, 2.05) is 6.07 Å². The summed E-state index contributed by atoms with van der Waals surface area (Å²) in [6.07, 6.45) is 9.16. The van der Waals surface area contributed by atoms with Crippen molar-refractivity contribution in [3.05, 3.63) is 24.5 Å². The molecule has 0 unspecified atom stereocenters. The molecule has 0 atom stereocenters. The number of nitrogens with zero attached hydrogens (tertiary/aromatic N) is 2. The maximum absolute atomic E-state index is 5.71. The molecule has 1 aliphatic carbocycles. The Hall–Kier alpha value is -1.51. The van der Waals surface area contributed by atoms with Crippen LogP contribution >= 0.6 is 0 Å². The molecular formula is C12H15N3. The Morgan fingerprint density at radius 1 is 1.33 bits per heavy atom. The third-order valence-electron chi connectivity index (χ3n) is 3.29. The molecule has 3 heteroatoms. The molecule has 2 N–H and O–H groups in total. The number of fused-ring (bicyclic) bond motifs is 1. The molecule has 2 aromatic heterocycles. The molecule has 0 saturated heterocycles. The van der Waals surface area contributed by atoms with Crippen molar-refractivity contribution in [3.8, 4) is 0 Å². The minimum Gasteiger partial charge on any atom is -0.397 e. The second-order valence-corrected chi connectivity index (χ2v) is 4.34. The Morgan fingerprint density at radius 3 is 2.93 bits per heavy atom. The first-order valence-electron chi connectivity index (χ1n) is 5.57. The zero-order valence-corrected chi connectivity index (χ0v) is 8.69. The minimum atomic E-state index is 0.652. The fourth-order valence-electron chi connectivity index (χ4n) is 2.54. The predicted molar refractivity (Wildman–Crippen MR) is 61.7 cm³/mol. The average molecular weight is 201 g/mol. The number of hydrogen-bond donors (Lipinski definition) is 1. The summed E-state index contributed by atoms with van der Waals surface area (Å²) in [7, 11) is 0. The molecule has 78 valence electrons. The van der Waals surface area contributed by atoms with E-state index >= 15 is 0 Å². The van der Waals surface area contributed by atoms with Gasteiger partial charge in [-0.15, -0.1) is 0 Å². The number of aromatic nitrogens is 2. The first-order chi connectivity index (χ1) is 7.34. The van der Waals surface area contributed by atoms with Crippen LogP contribution in [0.1, 0.15) is 31.7 Å². The normalized spacial score (nSPS) is 17.6. The standard InChI is InChI=1S/C12H15N3/c13-10-7-9-5-6-15(12(9)14-8-10)11-3-1-2-4-11/h5-8,11H,1-4,13H2. The van der Waals surface area contributed by atoms with Crippen LogP contribution in [0, 0.1) is 0 Å². The number of hydrogen-bond acceptors (Lipinski definition) is 2. The van der Waals surface area contributed by atoms with E-state index in [0.29, 0.717) is 6.04 Å². The molecule has 0 aliphatic heterocycles. The predicted octanol–water partition coefficient (Wildman–Crippen LogP) is 2.73. The Balaban J connectivity index is 2.11. The van der Waals surface area contributed by atoms with E-state index in [4.69, 9.17) is 5.73 Å². The van der Waals surface area contributed by atoms with Gasteiger partial charge < -0.3 is 10.3 Å². The summed E-state index contributed by atoms with van der Waals surface area (Å²) < 4.78 is 2.31. The number of nitrogens with two attached hydrogens (primary N) is 1. The topological polar surface area (TPSA) is 43.8 Å². The van der Waals surface area contributed by atoms with Gasteiger partial charge in [-0.3, -0.25) is 0 Å². The molecule has 1 saturated carbocycles. The van der Waals surface area contributed by atoms with Gasteiger partial charge in [0.1, 0.15) is 5.65 Å². The van der Waals surface area contributed by atoms with Crippen LogP contribution in [0.25, 0.3) is 11.0 Å². The molecule has 0 bridgehead atoms. The van der Waals surface area contributed by atoms with E-state index in [9.17, 15) is 0 Å². The van der Waals surface area contributed by atoms with Crippen molar-refractivity contribution in [2.24, 2.45) is 0 Å². The minimum absolute atomic E-state index is 0.652.